The number of benzene rings is 1. The van der Waals surface area contributed by atoms with Crippen molar-refractivity contribution >= 4 is 17.4 Å². The fourth-order valence-electron chi connectivity index (χ4n) is 1.37. The predicted molar refractivity (Wildman–Crippen MR) is 63.4 cm³/mol. The highest BCUT2D eigenvalue weighted by Crippen LogP contribution is 2.20. The quantitative estimate of drug-likeness (QED) is 0.806. The van der Waals surface area contributed by atoms with Gasteiger partial charge in [-0.05, 0) is 50.1 Å². The average molecular weight is 244 g/mol. The van der Waals surface area contributed by atoms with Gasteiger partial charge in [0.2, 0.25) is 0 Å². The van der Waals surface area contributed by atoms with Crippen molar-refractivity contribution in [3.63, 3.8) is 0 Å². The maximum Gasteiger partial charge on any atom is 0.143 e. The SMILES string of the molecule is CC(=O)CNCCc1cc(F)c(C)cc1Cl. The third kappa shape index (κ3) is 3.91. The predicted octanol–water partition coefficient (Wildman–Crippen LogP) is 2.51. The van der Waals surface area contributed by atoms with E-state index in [0.717, 1.165) is 5.56 Å². The van der Waals surface area contributed by atoms with Crippen LogP contribution < -0.4 is 5.32 Å². The summed E-state index contributed by atoms with van der Waals surface area (Å²) in [6, 6.07) is 3.07. The number of Topliss-reactive ketones (excluding diaryl/α,β-unsaturated/α-hetero) is 1. The molecule has 0 aromatic heterocycles. The van der Waals surface area contributed by atoms with Crippen molar-refractivity contribution in [2.75, 3.05) is 13.1 Å². The molecular formula is C12H15ClFNO. The molecule has 0 atom stereocenters. The lowest BCUT2D eigenvalue weighted by Gasteiger charge is -2.07. The fourth-order valence-corrected chi connectivity index (χ4v) is 1.68. The number of hydrogen-bond donors (Lipinski definition) is 1. The number of carbonyl (C=O) groups is 1. The van der Waals surface area contributed by atoms with Crippen molar-refractivity contribution in [3.05, 3.63) is 34.1 Å². The van der Waals surface area contributed by atoms with Gasteiger partial charge in [0, 0.05) is 5.02 Å². The van der Waals surface area contributed by atoms with Crippen LogP contribution in [0.5, 0.6) is 0 Å². The lowest BCUT2D eigenvalue weighted by atomic mass is 10.1. The lowest BCUT2D eigenvalue weighted by Crippen LogP contribution is -2.23. The summed E-state index contributed by atoms with van der Waals surface area (Å²) in [4.78, 5) is 10.7. The van der Waals surface area contributed by atoms with E-state index < -0.39 is 0 Å². The summed E-state index contributed by atoms with van der Waals surface area (Å²) < 4.78 is 13.3. The fraction of sp³-hybridized carbons (Fsp3) is 0.417. The van der Waals surface area contributed by atoms with E-state index in [9.17, 15) is 9.18 Å². The molecule has 0 aliphatic rings. The molecule has 0 fully saturated rings. The summed E-state index contributed by atoms with van der Waals surface area (Å²) >= 11 is 5.98. The second-order valence-electron chi connectivity index (χ2n) is 3.82. The highest BCUT2D eigenvalue weighted by atomic mass is 35.5. The standard InChI is InChI=1S/C12H15ClFNO/c1-8-5-11(13)10(6-12(8)14)3-4-15-7-9(2)16/h5-6,15H,3-4,7H2,1-2H3. The van der Waals surface area contributed by atoms with Gasteiger partial charge in [0.05, 0.1) is 6.54 Å². The molecule has 0 saturated carbocycles. The molecule has 0 aliphatic carbocycles. The molecule has 0 aliphatic heterocycles. The third-order valence-electron chi connectivity index (χ3n) is 2.27. The molecule has 0 bridgehead atoms. The number of aryl methyl sites for hydroxylation is 1. The first kappa shape index (κ1) is 13.1. The van der Waals surface area contributed by atoms with Gasteiger partial charge >= 0.3 is 0 Å². The second kappa shape index (κ2) is 5.97. The molecule has 0 unspecified atom stereocenters. The zero-order chi connectivity index (χ0) is 12.1. The minimum absolute atomic E-state index is 0.0844. The van der Waals surface area contributed by atoms with E-state index in [2.05, 4.69) is 5.32 Å². The molecule has 0 spiro atoms. The molecule has 1 aromatic rings. The molecule has 0 amide bonds. The summed E-state index contributed by atoms with van der Waals surface area (Å²) in [5, 5.41) is 3.54. The van der Waals surface area contributed by atoms with Gasteiger partial charge in [0.1, 0.15) is 11.6 Å². The van der Waals surface area contributed by atoms with Crippen LogP contribution in [0.4, 0.5) is 4.39 Å². The Morgan fingerprint density at radius 2 is 2.19 bits per heavy atom. The first-order valence-corrected chi connectivity index (χ1v) is 5.53. The van der Waals surface area contributed by atoms with Crippen LogP contribution in [0.1, 0.15) is 18.1 Å². The van der Waals surface area contributed by atoms with Gasteiger partial charge in [0.25, 0.3) is 0 Å². The molecule has 88 valence electrons. The normalized spacial score (nSPS) is 10.5. The Labute approximate surface area is 99.8 Å². The van der Waals surface area contributed by atoms with Gasteiger partial charge in [-0.15, -0.1) is 0 Å². The maximum absolute atomic E-state index is 13.3. The van der Waals surface area contributed by atoms with Crippen LogP contribution in [0.15, 0.2) is 12.1 Å². The Balaban J connectivity index is 2.54. The summed E-state index contributed by atoms with van der Waals surface area (Å²) in [6.45, 7) is 4.15. The largest absolute Gasteiger partial charge is 0.310 e. The van der Waals surface area contributed by atoms with Gasteiger partial charge in [-0.25, -0.2) is 4.39 Å². The molecule has 2 nitrogen and oxygen atoms in total. The van der Waals surface area contributed by atoms with Gasteiger partial charge < -0.3 is 5.32 Å². The van der Waals surface area contributed by atoms with E-state index in [1.165, 1.54) is 13.0 Å². The zero-order valence-corrected chi connectivity index (χ0v) is 10.2. The molecule has 4 heteroatoms. The Bertz CT molecular complexity index is 393. The van der Waals surface area contributed by atoms with E-state index >= 15 is 0 Å². The average Bonchev–Trinajstić information content (AvgIpc) is 2.19. The van der Waals surface area contributed by atoms with Gasteiger partial charge in [-0.3, -0.25) is 4.79 Å². The van der Waals surface area contributed by atoms with Crippen LogP contribution in [0.2, 0.25) is 5.02 Å². The summed E-state index contributed by atoms with van der Waals surface area (Å²) in [5.41, 5.74) is 1.31. The Morgan fingerprint density at radius 1 is 1.50 bits per heavy atom. The third-order valence-corrected chi connectivity index (χ3v) is 2.62. The second-order valence-corrected chi connectivity index (χ2v) is 4.23. The Morgan fingerprint density at radius 3 is 2.81 bits per heavy atom. The maximum atomic E-state index is 13.3. The number of ketones is 1. The highest BCUT2D eigenvalue weighted by Gasteiger charge is 2.05. The van der Waals surface area contributed by atoms with Crippen LogP contribution in [-0.4, -0.2) is 18.9 Å². The first-order valence-electron chi connectivity index (χ1n) is 5.15. The van der Waals surface area contributed by atoms with Crippen LogP contribution in [0, 0.1) is 12.7 Å². The molecule has 1 aromatic carbocycles. The number of rotatable bonds is 5. The van der Waals surface area contributed by atoms with Crippen LogP contribution in [-0.2, 0) is 11.2 Å². The van der Waals surface area contributed by atoms with Gasteiger partial charge in [-0.2, -0.15) is 0 Å². The Kier molecular flexibility index (Phi) is 4.90. The smallest absolute Gasteiger partial charge is 0.143 e. The molecule has 0 saturated heterocycles. The topological polar surface area (TPSA) is 29.1 Å². The summed E-state index contributed by atoms with van der Waals surface area (Å²) in [6.07, 6.45) is 0.614. The minimum atomic E-state index is -0.244. The number of hydrogen-bond acceptors (Lipinski definition) is 2. The van der Waals surface area contributed by atoms with Crippen LogP contribution in [0.3, 0.4) is 0 Å². The van der Waals surface area contributed by atoms with Crippen LogP contribution >= 0.6 is 11.6 Å². The number of halogens is 2. The van der Waals surface area contributed by atoms with Crippen molar-refractivity contribution in [1.29, 1.82) is 0 Å². The molecule has 0 radical (unpaired) electrons. The molecule has 0 heterocycles. The van der Waals surface area contributed by atoms with Gasteiger partial charge in [0.15, 0.2) is 0 Å². The Hall–Kier alpha value is -0.930. The number of nitrogens with one attached hydrogen (secondary N) is 1. The van der Waals surface area contributed by atoms with E-state index in [-0.39, 0.29) is 11.6 Å². The van der Waals surface area contributed by atoms with Crippen molar-refractivity contribution in [1.82, 2.24) is 5.32 Å². The molecule has 1 N–H and O–H groups in total. The number of carbonyl (C=O) groups excluding carboxylic acids is 1. The zero-order valence-electron chi connectivity index (χ0n) is 9.44. The van der Waals surface area contributed by atoms with Crippen molar-refractivity contribution in [3.8, 4) is 0 Å². The monoisotopic (exact) mass is 243 g/mol. The lowest BCUT2D eigenvalue weighted by molar-refractivity contribution is -0.116. The highest BCUT2D eigenvalue weighted by molar-refractivity contribution is 6.31. The van der Waals surface area contributed by atoms with Crippen molar-refractivity contribution in [2.45, 2.75) is 20.3 Å². The summed E-state index contributed by atoms with van der Waals surface area (Å²) in [7, 11) is 0. The molecule has 16 heavy (non-hydrogen) atoms. The van der Waals surface area contributed by atoms with Crippen molar-refractivity contribution < 1.29 is 9.18 Å². The van der Waals surface area contributed by atoms with Crippen LogP contribution in [0.25, 0.3) is 0 Å². The minimum Gasteiger partial charge on any atom is -0.310 e. The van der Waals surface area contributed by atoms with Crippen molar-refractivity contribution in [2.24, 2.45) is 0 Å². The van der Waals surface area contributed by atoms with E-state index in [4.69, 9.17) is 11.6 Å². The summed E-state index contributed by atoms with van der Waals surface area (Å²) in [5.74, 6) is -0.160. The molecular weight excluding hydrogens is 229 g/mol. The van der Waals surface area contributed by atoms with E-state index in [1.807, 2.05) is 0 Å². The molecule has 1 rings (SSSR count). The first-order chi connectivity index (χ1) is 7.50. The van der Waals surface area contributed by atoms with Gasteiger partial charge in [-0.1, -0.05) is 11.6 Å². The van der Waals surface area contributed by atoms with E-state index in [1.54, 1.807) is 13.0 Å². The van der Waals surface area contributed by atoms with E-state index in [0.29, 0.717) is 30.1 Å².